The number of thioether (sulfide) groups is 1. The van der Waals surface area contributed by atoms with Crippen molar-refractivity contribution in [2.24, 2.45) is 20.5 Å². The Bertz CT molecular complexity index is 2410. The lowest BCUT2D eigenvalue weighted by atomic mass is 10.2. The second kappa shape index (κ2) is 22.2. The topological polar surface area (TPSA) is 244 Å². The zero-order chi connectivity index (χ0) is 42.1. The van der Waals surface area contributed by atoms with E-state index in [0.29, 0.717) is 39.3 Å². The Labute approximate surface area is 342 Å². The average Bonchev–Trinajstić information content (AvgIpc) is 3.20. The number of hydrogen-bond donors (Lipinski definition) is 4. The number of aliphatic hydroxyl groups excluding tert-OH is 1. The van der Waals surface area contributed by atoms with Crippen LogP contribution in [0.4, 0.5) is 57.4 Å². The molecule has 21 heteroatoms. The summed E-state index contributed by atoms with van der Waals surface area (Å²) in [5, 5.41) is 34.3. The summed E-state index contributed by atoms with van der Waals surface area (Å²) in [5.74, 6) is 0.781. The minimum Gasteiger partial charge on any atom is -0.396 e. The SMILES string of the molecule is CCN(CC)c1ccc(N=Nc2ccccc2)c(Nc2nc(Nc3cc(N(CC)CC)ccc3N=Nc3cccc(S(=O)(=O)O)c3)nc(SCCO)n2)c1.O=S(=O)=O. The van der Waals surface area contributed by atoms with Crippen molar-refractivity contribution in [3.8, 4) is 0 Å². The predicted molar refractivity (Wildman–Crippen MR) is 225 cm³/mol. The van der Waals surface area contributed by atoms with Crippen molar-refractivity contribution in [2.75, 3.05) is 59.0 Å². The molecule has 0 spiro atoms. The molecular weight excluding hydrogens is 807 g/mol. The summed E-state index contributed by atoms with van der Waals surface area (Å²) >= 11 is 1.27. The fourth-order valence-corrected chi connectivity index (χ4v) is 6.42. The summed E-state index contributed by atoms with van der Waals surface area (Å²) in [7, 11) is -7.53. The first kappa shape index (κ1) is 44.8. The monoisotopic (exact) mass is 849 g/mol. The highest BCUT2D eigenvalue weighted by Gasteiger charge is 2.16. The summed E-state index contributed by atoms with van der Waals surface area (Å²) in [6.07, 6.45) is 0. The summed E-state index contributed by atoms with van der Waals surface area (Å²) in [5.41, 5.74) is 4.96. The zero-order valence-corrected chi connectivity index (χ0v) is 34.5. The van der Waals surface area contributed by atoms with Gasteiger partial charge in [-0.2, -0.15) is 33.6 Å². The first-order chi connectivity index (χ1) is 27.9. The Morgan fingerprint density at radius 2 is 1.14 bits per heavy atom. The van der Waals surface area contributed by atoms with Gasteiger partial charge in [-0.1, -0.05) is 36.0 Å². The molecule has 306 valence electrons. The van der Waals surface area contributed by atoms with Gasteiger partial charge in [0.15, 0.2) is 5.16 Å². The van der Waals surface area contributed by atoms with E-state index in [0.717, 1.165) is 37.6 Å². The molecule has 0 aliphatic rings. The number of aromatic nitrogens is 3. The fraction of sp³-hybridized carbons (Fsp3) is 0.270. The maximum Gasteiger partial charge on any atom is 0.425 e. The number of benzene rings is 4. The standard InChI is InChI=1S/C37H43N11O4S2.O3S/c1-5-47(6-2)28-17-19-31(45-43-26-13-10-9-11-14-26)33(24-28)38-35-40-36(42-37(41-35)53-22-21-49)39-34-25-29(48(7-3)8-4)18-20-32(34)46-44-27-15-12-16-30(23-27)54(50,51)52;1-4(2)3/h9-20,23-25,49H,5-8,21-22H2,1-4H3,(H,50,51,52)(H2,38,39,40,41,42);. The number of nitrogens with zero attached hydrogens (tertiary/aromatic N) is 9. The first-order valence-corrected chi connectivity index (χ1v) is 21.3. The highest BCUT2D eigenvalue weighted by atomic mass is 32.2. The Hall–Kier alpha value is -5.87. The normalized spacial score (nSPS) is 11.3. The minimum absolute atomic E-state index is 0.0764. The van der Waals surface area contributed by atoms with Crippen molar-refractivity contribution < 1.29 is 30.7 Å². The van der Waals surface area contributed by atoms with Gasteiger partial charge >= 0.3 is 10.6 Å². The lowest BCUT2D eigenvalue weighted by molar-refractivity contribution is 0.322. The van der Waals surface area contributed by atoms with Crippen LogP contribution in [-0.2, 0) is 20.7 Å². The number of azo groups is 2. The highest BCUT2D eigenvalue weighted by Crippen LogP contribution is 2.36. The van der Waals surface area contributed by atoms with Crippen LogP contribution < -0.4 is 20.4 Å². The van der Waals surface area contributed by atoms with E-state index in [9.17, 15) is 18.1 Å². The van der Waals surface area contributed by atoms with Crippen LogP contribution in [0.25, 0.3) is 0 Å². The molecule has 4 aromatic carbocycles. The second-order valence-corrected chi connectivity index (χ2v) is 14.6. The van der Waals surface area contributed by atoms with Crippen molar-refractivity contribution in [1.82, 2.24) is 15.0 Å². The van der Waals surface area contributed by atoms with Gasteiger partial charge in [-0.05, 0) is 94.4 Å². The third-order valence-corrected chi connectivity index (χ3v) is 9.74. The molecule has 0 saturated carbocycles. The zero-order valence-electron chi connectivity index (χ0n) is 32.1. The molecule has 1 aromatic heterocycles. The molecule has 0 aliphatic carbocycles. The Balaban J connectivity index is 0.00000178. The van der Waals surface area contributed by atoms with Gasteiger partial charge < -0.3 is 25.5 Å². The van der Waals surface area contributed by atoms with Gasteiger partial charge in [0.05, 0.1) is 34.3 Å². The van der Waals surface area contributed by atoms with Crippen LogP contribution in [0.5, 0.6) is 0 Å². The van der Waals surface area contributed by atoms with Gasteiger partial charge in [0.2, 0.25) is 11.9 Å². The van der Waals surface area contributed by atoms with Crippen molar-refractivity contribution in [1.29, 1.82) is 0 Å². The van der Waals surface area contributed by atoms with Crippen molar-refractivity contribution in [2.45, 2.75) is 37.7 Å². The van der Waals surface area contributed by atoms with Crippen LogP contribution in [0, 0.1) is 0 Å². The van der Waals surface area contributed by atoms with Crippen molar-refractivity contribution >= 4 is 89.9 Å². The summed E-state index contributed by atoms with van der Waals surface area (Å²) in [4.78, 5) is 18.1. The molecule has 1 heterocycles. The molecule has 0 bridgehead atoms. The van der Waals surface area contributed by atoms with Gasteiger partial charge in [-0.15, -0.1) is 22.9 Å². The molecule has 5 aromatic rings. The van der Waals surface area contributed by atoms with Crippen LogP contribution in [0.1, 0.15) is 27.7 Å². The molecule has 4 N–H and O–H groups in total. The van der Waals surface area contributed by atoms with Crippen LogP contribution in [-0.4, -0.2) is 84.2 Å². The molecule has 0 atom stereocenters. The second-order valence-electron chi connectivity index (χ2n) is 11.7. The van der Waals surface area contributed by atoms with E-state index < -0.39 is 20.7 Å². The lowest BCUT2D eigenvalue weighted by Gasteiger charge is -2.22. The predicted octanol–water partition coefficient (Wildman–Crippen LogP) is 8.21. The molecule has 0 radical (unpaired) electrons. The number of aliphatic hydroxyl groups is 1. The molecule has 0 amide bonds. The molecule has 0 fully saturated rings. The van der Waals surface area contributed by atoms with Crippen molar-refractivity contribution in [3.63, 3.8) is 0 Å². The maximum atomic E-state index is 11.7. The maximum absolute atomic E-state index is 11.7. The number of nitrogens with one attached hydrogen (secondary N) is 2. The van der Waals surface area contributed by atoms with E-state index in [1.165, 1.54) is 30.0 Å². The van der Waals surface area contributed by atoms with Gasteiger partial charge in [0.1, 0.15) is 11.4 Å². The fourth-order valence-electron chi connectivity index (χ4n) is 5.33. The minimum atomic E-state index is -4.42. The molecule has 58 heavy (non-hydrogen) atoms. The summed E-state index contributed by atoms with van der Waals surface area (Å²) in [6, 6.07) is 26.5. The van der Waals surface area contributed by atoms with E-state index >= 15 is 0 Å². The molecule has 0 unspecified atom stereocenters. The average molecular weight is 850 g/mol. The number of rotatable bonds is 18. The molecule has 18 nitrogen and oxygen atoms in total. The Kier molecular flexibility index (Phi) is 17.1. The van der Waals surface area contributed by atoms with E-state index in [1.54, 1.807) is 12.1 Å². The van der Waals surface area contributed by atoms with Gasteiger partial charge in [0.25, 0.3) is 10.1 Å². The Morgan fingerprint density at radius 1 is 0.655 bits per heavy atom. The van der Waals surface area contributed by atoms with Gasteiger partial charge in [0, 0.05) is 43.3 Å². The van der Waals surface area contributed by atoms with E-state index in [-0.39, 0.29) is 29.1 Å². The Morgan fingerprint density at radius 3 is 1.60 bits per heavy atom. The first-order valence-electron chi connectivity index (χ1n) is 17.9. The lowest BCUT2D eigenvalue weighted by Crippen LogP contribution is -2.21. The highest BCUT2D eigenvalue weighted by molar-refractivity contribution is 7.99. The molecule has 0 aliphatic heterocycles. The summed E-state index contributed by atoms with van der Waals surface area (Å²) < 4.78 is 58.3. The quantitative estimate of drug-likeness (QED) is 0.0369. The molecular formula is C37H43N11O7S3. The molecule has 0 saturated heterocycles. The number of anilines is 6. The third kappa shape index (κ3) is 13.7. The van der Waals surface area contributed by atoms with Gasteiger partial charge in [-0.3, -0.25) is 4.55 Å². The van der Waals surface area contributed by atoms with Gasteiger partial charge in [-0.25, -0.2) is 0 Å². The van der Waals surface area contributed by atoms with Crippen LogP contribution in [0.2, 0.25) is 0 Å². The van der Waals surface area contributed by atoms with Crippen LogP contribution in [0.15, 0.2) is 122 Å². The largest absolute Gasteiger partial charge is 0.425 e. The van der Waals surface area contributed by atoms with E-state index in [4.69, 9.17) is 17.6 Å². The summed E-state index contributed by atoms with van der Waals surface area (Å²) in [6.45, 7) is 11.4. The van der Waals surface area contributed by atoms with Crippen LogP contribution in [0.3, 0.4) is 0 Å². The third-order valence-electron chi connectivity index (χ3n) is 8.07. The van der Waals surface area contributed by atoms with Crippen LogP contribution >= 0.6 is 11.8 Å². The smallest absolute Gasteiger partial charge is 0.396 e. The van der Waals surface area contributed by atoms with Crippen molar-refractivity contribution in [3.05, 3.63) is 91.0 Å². The van der Waals surface area contributed by atoms with E-state index in [1.807, 2.05) is 60.7 Å². The van der Waals surface area contributed by atoms with E-state index in [2.05, 4.69) is 78.6 Å². The number of hydrogen-bond acceptors (Lipinski definition) is 18. The molecule has 5 rings (SSSR count).